The number of nitrogens with one attached hydrogen (secondary N) is 1. The Balaban J connectivity index is 0.00000392. The zero-order chi connectivity index (χ0) is 20.4. The van der Waals surface area contributed by atoms with Crippen LogP contribution >= 0.6 is 12.4 Å². The second-order valence-corrected chi connectivity index (χ2v) is 7.07. The summed E-state index contributed by atoms with van der Waals surface area (Å²) in [4.78, 5) is 1.89. The molecule has 0 spiro atoms. The summed E-state index contributed by atoms with van der Waals surface area (Å²) < 4.78 is 85.6. The van der Waals surface area contributed by atoms with E-state index >= 15 is 0 Å². The average molecular weight is 435 g/mol. The first-order valence-corrected chi connectivity index (χ1v) is 8.76. The molecule has 162 valence electrons. The van der Waals surface area contributed by atoms with Crippen molar-refractivity contribution in [2.45, 2.75) is 38.7 Å². The van der Waals surface area contributed by atoms with Gasteiger partial charge in [0.1, 0.15) is 5.75 Å². The molecule has 1 aliphatic rings. The smallest absolute Gasteiger partial charge is 0.416 e. The third kappa shape index (κ3) is 5.90. The van der Waals surface area contributed by atoms with E-state index in [1.807, 2.05) is 18.7 Å². The van der Waals surface area contributed by atoms with E-state index in [4.69, 9.17) is 4.74 Å². The summed E-state index contributed by atoms with van der Waals surface area (Å²) in [5.74, 6) is -0.320. The number of nitrogens with zero attached hydrogens (tertiary/aromatic N) is 1. The van der Waals surface area contributed by atoms with E-state index in [2.05, 4.69) is 5.32 Å². The molecule has 0 amide bonds. The van der Waals surface area contributed by atoms with Crippen molar-refractivity contribution in [3.63, 3.8) is 0 Å². The van der Waals surface area contributed by atoms with Crippen molar-refractivity contribution in [1.82, 2.24) is 10.2 Å². The highest BCUT2D eigenvalue weighted by atomic mass is 35.5. The fraction of sp³-hybridized carbons (Fsp3) is 0.667. The lowest BCUT2D eigenvalue weighted by atomic mass is 9.89. The van der Waals surface area contributed by atoms with Gasteiger partial charge >= 0.3 is 12.4 Å². The van der Waals surface area contributed by atoms with Crippen LogP contribution in [0.15, 0.2) is 12.1 Å². The first kappa shape index (κ1) is 24.8. The van der Waals surface area contributed by atoms with Crippen LogP contribution in [0, 0.1) is 5.92 Å². The first-order chi connectivity index (χ1) is 12.4. The predicted molar refractivity (Wildman–Crippen MR) is 96.9 cm³/mol. The van der Waals surface area contributed by atoms with Crippen LogP contribution in [0.1, 0.15) is 43.0 Å². The summed E-state index contributed by atoms with van der Waals surface area (Å²) in [6.45, 7) is 5.99. The van der Waals surface area contributed by atoms with Crippen molar-refractivity contribution >= 4 is 12.4 Å². The number of piperazine rings is 1. The number of benzene rings is 1. The van der Waals surface area contributed by atoms with Gasteiger partial charge in [-0.3, -0.25) is 4.90 Å². The molecule has 0 aromatic heterocycles. The standard InChI is InChI=1S/C18H24F6N2O.ClH/c1-11(2)8-14(26-6-4-25-5-7-26)16-13(18(22,23)24)9-12(17(19,20)21)10-15(16)27-3;/h9-11,14,25H,4-8H2,1-3H3;1H/t14-;/m1./s1. The van der Waals surface area contributed by atoms with Crippen molar-refractivity contribution in [2.24, 2.45) is 5.92 Å². The van der Waals surface area contributed by atoms with E-state index in [0.717, 1.165) is 7.11 Å². The molecule has 1 saturated heterocycles. The van der Waals surface area contributed by atoms with E-state index < -0.39 is 29.5 Å². The molecule has 1 aliphatic heterocycles. The lowest BCUT2D eigenvalue weighted by Crippen LogP contribution is -2.45. The minimum absolute atomic E-state index is 0. The fourth-order valence-electron chi connectivity index (χ4n) is 3.43. The molecule has 0 radical (unpaired) electrons. The molecule has 1 aromatic rings. The van der Waals surface area contributed by atoms with E-state index in [0.29, 0.717) is 38.7 Å². The van der Waals surface area contributed by atoms with Gasteiger partial charge in [-0.25, -0.2) is 0 Å². The van der Waals surface area contributed by atoms with Crippen molar-refractivity contribution in [2.75, 3.05) is 33.3 Å². The van der Waals surface area contributed by atoms with E-state index in [1.165, 1.54) is 0 Å². The topological polar surface area (TPSA) is 24.5 Å². The molecule has 1 fully saturated rings. The van der Waals surface area contributed by atoms with Gasteiger partial charge in [-0.05, 0) is 24.5 Å². The Bertz CT molecular complexity index is 642. The SMILES string of the molecule is COc1cc(C(F)(F)F)cc(C(F)(F)F)c1[C@@H](CC(C)C)N1CCNCC1.Cl. The van der Waals surface area contributed by atoms with Crippen LogP contribution < -0.4 is 10.1 Å². The molecule has 1 heterocycles. The molecular weight excluding hydrogens is 410 g/mol. The summed E-state index contributed by atoms with van der Waals surface area (Å²) in [5.41, 5.74) is -2.86. The molecule has 0 unspecified atom stereocenters. The van der Waals surface area contributed by atoms with Gasteiger partial charge in [-0.1, -0.05) is 13.8 Å². The third-order valence-electron chi connectivity index (χ3n) is 4.61. The maximum Gasteiger partial charge on any atom is 0.416 e. The van der Waals surface area contributed by atoms with Crippen molar-refractivity contribution in [1.29, 1.82) is 0 Å². The van der Waals surface area contributed by atoms with E-state index in [1.54, 1.807) is 0 Å². The number of methoxy groups -OCH3 is 1. The second-order valence-electron chi connectivity index (χ2n) is 7.07. The van der Waals surface area contributed by atoms with Gasteiger partial charge in [-0.2, -0.15) is 26.3 Å². The number of ether oxygens (including phenoxy) is 1. The quantitative estimate of drug-likeness (QED) is 0.649. The molecular formula is C18H25ClF6N2O. The highest BCUT2D eigenvalue weighted by Gasteiger charge is 2.42. The number of halogens is 7. The Hall–Kier alpha value is -1.19. The number of hydrogen-bond acceptors (Lipinski definition) is 3. The second kappa shape index (κ2) is 9.54. The monoisotopic (exact) mass is 434 g/mol. The Morgan fingerprint density at radius 1 is 1.04 bits per heavy atom. The highest BCUT2D eigenvalue weighted by Crippen LogP contribution is 2.46. The Morgan fingerprint density at radius 3 is 2.04 bits per heavy atom. The molecule has 3 nitrogen and oxygen atoms in total. The van der Waals surface area contributed by atoms with Crippen LogP contribution in [-0.2, 0) is 12.4 Å². The summed E-state index contributed by atoms with van der Waals surface area (Å²) in [6, 6.07) is 0.189. The lowest BCUT2D eigenvalue weighted by Gasteiger charge is -2.38. The molecule has 0 aliphatic carbocycles. The van der Waals surface area contributed by atoms with Gasteiger partial charge in [0.15, 0.2) is 0 Å². The molecule has 1 N–H and O–H groups in total. The number of alkyl halides is 6. The fourth-order valence-corrected chi connectivity index (χ4v) is 3.43. The third-order valence-corrected chi connectivity index (χ3v) is 4.61. The van der Waals surface area contributed by atoms with Gasteiger partial charge in [-0.15, -0.1) is 12.4 Å². The van der Waals surface area contributed by atoms with Crippen molar-refractivity contribution in [3.05, 3.63) is 28.8 Å². The Morgan fingerprint density at radius 2 is 1.61 bits per heavy atom. The molecule has 28 heavy (non-hydrogen) atoms. The van der Waals surface area contributed by atoms with E-state index in [9.17, 15) is 26.3 Å². The van der Waals surface area contributed by atoms with Crippen LogP contribution in [0.3, 0.4) is 0 Å². The number of rotatable bonds is 5. The summed E-state index contributed by atoms with van der Waals surface area (Å²) >= 11 is 0. The zero-order valence-electron chi connectivity index (χ0n) is 15.9. The van der Waals surface area contributed by atoms with Gasteiger partial charge in [0.05, 0.1) is 18.2 Å². The maximum atomic E-state index is 13.7. The molecule has 0 bridgehead atoms. The van der Waals surface area contributed by atoms with Crippen LogP contribution in [0.5, 0.6) is 5.75 Å². The van der Waals surface area contributed by atoms with Crippen molar-refractivity contribution < 1.29 is 31.1 Å². The van der Waals surface area contributed by atoms with Crippen LogP contribution in [0.2, 0.25) is 0 Å². The van der Waals surface area contributed by atoms with E-state index in [-0.39, 0.29) is 35.7 Å². The minimum atomic E-state index is -4.92. The molecule has 2 rings (SSSR count). The Kier molecular flexibility index (Phi) is 8.47. The predicted octanol–water partition coefficient (Wildman–Crippen LogP) is 5.15. The lowest BCUT2D eigenvalue weighted by molar-refractivity contribution is -0.144. The highest BCUT2D eigenvalue weighted by molar-refractivity contribution is 5.85. The minimum Gasteiger partial charge on any atom is -0.496 e. The normalized spacial score (nSPS) is 17.4. The molecule has 0 saturated carbocycles. The summed E-state index contributed by atoms with van der Waals surface area (Å²) in [5, 5.41) is 3.13. The van der Waals surface area contributed by atoms with Crippen LogP contribution in [-0.4, -0.2) is 38.2 Å². The van der Waals surface area contributed by atoms with Gasteiger partial charge < -0.3 is 10.1 Å². The van der Waals surface area contributed by atoms with Crippen molar-refractivity contribution in [3.8, 4) is 5.75 Å². The summed E-state index contributed by atoms with van der Waals surface area (Å²) in [6.07, 6.45) is -9.44. The van der Waals surface area contributed by atoms with Crippen LogP contribution in [0.4, 0.5) is 26.3 Å². The molecule has 10 heteroatoms. The summed E-state index contributed by atoms with van der Waals surface area (Å²) in [7, 11) is 1.10. The largest absolute Gasteiger partial charge is 0.496 e. The zero-order valence-corrected chi connectivity index (χ0v) is 16.7. The Labute approximate surface area is 166 Å². The maximum absolute atomic E-state index is 13.7. The molecule has 1 atom stereocenters. The van der Waals surface area contributed by atoms with Crippen LogP contribution in [0.25, 0.3) is 0 Å². The van der Waals surface area contributed by atoms with Gasteiger partial charge in [0.25, 0.3) is 0 Å². The average Bonchev–Trinajstić information content (AvgIpc) is 2.57. The van der Waals surface area contributed by atoms with Gasteiger partial charge in [0, 0.05) is 37.8 Å². The van der Waals surface area contributed by atoms with Gasteiger partial charge in [0.2, 0.25) is 0 Å². The molecule has 1 aromatic carbocycles. The first-order valence-electron chi connectivity index (χ1n) is 8.76. The number of hydrogen-bond donors (Lipinski definition) is 1.